The summed E-state index contributed by atoms with van der Waals surface area (Å²) in [6.45, 7) is 2.33. The molecule has 1 aromatic rings. The van der Waals surface area contributed by atoms with E-state index in [-0.39, 0.29) is 6.54 Å². The van der Waals surface area contributed by atoms with E-state index in [4.69, 9.17) is 5.11 Å². The van der Waals surface area contributed by atoms with Crippen molar-refractivity contribution in [2.75, 3.05) is 6.54 Å². The topological polar surface area (TPSA) is 61.4 Å². The van der Waals surface area contributed by atoms with Crippen molar-refractivity contribution < 1.29 is 9.90 Å². The van der Waals surface area contributed by atoms with E-state index in [2.05, 4.69) is 54.0 Å². The Bertz CT molecular complexity index is 591. The van der Waals surface area contributed by atoms with Crippen LogP contribution in [0.25, 0.3) is 6.08 Å². The van der Waals surface area contributed by atoms with Crippen LogP contribution >= 0.6 is 0 Å². The van der Waals surface area contributed by atoms with Gasteiger partial charge < -0.3 is 15.7 Å². The summed E-state index contributed by atoms with van der Waals surface area (Å²) in [5.41, 5.74) is 2.86. The van der Waals surface area contributed by atoms with Crippen molar-refractivity contribution in [2.45, 2.75) is 63.6 Å². The number of nitrogens with one attached hydrogen (secondary N) is 2. The lowest BCUT2D eigenvalue weighted by molar-refractivity contribution is -0.136. The molecule has 0 aromatic heterocycles. The third-order valence-electron chi connectivity index (χ3n) is 5.55. The van der Waals surface area contributed by atoms with Gasteiger partial charge in [-0.3, -0.25) is 4.79 Å². The molecular weight excluding hydrogens is 312 g/mol. The summed E-state index contributed by atoms with van der Waals surface area (Å²) in [6, 6.07) is 12.2. The normalized spacial score (nSPS) is 29.4. The number of aliphatic carboxylic acids is 1. The van der Waals surface area contributed by atoms with Crippen LogP contribution in [0.5, 0.6) is 0 Å². The van der Waals surface area contributed by atoms with Crippen LogP contribution in [-0.4, -0.2) is 35.7 Å². The second kappa shape index (κ2) is 8.63. The van der Waals surface area contributed by atoms with Crippen molar-refractivity contribution in [1.82, 2.24) is 10.6 Å². The Kier molecular flexibility index (Phi) is 6.27. The molecule has 0 spiro atoms. The lowest BCUT2D eigenvalue weighted by Gasteiger charge is -2.29. The first kappa shape index (κ1) is 18.2. The van der Waals surface area contributed by atoms with Gasteiger partial charge in [-0.05, 0) is 50.0 Å². The molecule has 1 aromatic carbocycles. The molecule has 3 N–H and O–H groups in total. The Labute approximate surface area is 150 Å². The molecule has 4 heteroatoms. The van der Waals surface area contributed by atoms with Crippen molar-refractivity contribution in [3.8, 4) is 0 Å². The highest BCUT2D eigenvalue weighted by molar-refractivity contribution is 5.69. The van der Waals surface area contributed by atoms with E-state index in [1.807, 2.05) is 0 Å². The average molecular weight is 342 g/mol. The number of carboxylic acid groups (broad SMARTS) is 1. The Morgan fingerprint density at radius 1 is 1.16 bits per heavy atom. The van der Waals surface area contributed by atoms with Gasteiger partial charge in [0.25, 0.3) is 0 Å². The molecular formula is C21H30N2O2. The zero-order valence-electron chi connectivity index (χ0n) is 15.1. The van der Waals surface area contributed by atoms with Crippen LogP contribution in [0.2, 0.25) is 0 Å². The van der Waals surface area contributed by atoms with Gasteiger partial charge in [0.05, 0.1) is 6.54 Å². The van der Waals surface area contributed by atoms with Crippen LogP contribution in [0.15, 0.2) is 35.9 Å². The molecule has 136 valence electrons. The van der Waals surface area contributed by atoms with Gasteiger partial charge in [0.1, 0.15) is 0 Å². The largest absolute Gasteiger partial charge is 0.480 e. The van der Waals surface area contributed by atoms with E-state index < -0.39 is 5.97 Å². The second-order valence-corrected chi connectivity index (χ2v) is 7.42. The first-order chi connectivity index (χ1) is 12.2. The van der Waals surface area contributed by atoms with Crippen LogP contribution in [0.1, 0.15) is 51.0 Å². The molecule has 0 unspecified atom stereocenters. The lowest BCUT2D eigenvalue weighted by atomic mass is 9.91. The molecule has 2 saturated carbocycles. The Hall–Kier alpha value is -1.65. The fraction of sp³-hybridized carbons (Fsp3) is 0.571. The molecule has 4 nitrogen and oxygen atoms in total. The minimum absolute atomic E-state index is 0.0810. The highest BCUT2D eigenvalue weighted by atomic mass is 16.4. The summed E-state index contributed by atoms with van der Waals surface area (Å²) < 4.78 is 0. The zero-order valence-corrected chi connectivity index (χ0v) is 15.1. The second-order valence-electron chi connectivity index (χ2n) is 7.42. The molecule has 0 bridgehead atoms. The molecule has 0 amide bonds. The number of hydrogen-bond donors (Lipinski definition) is 3. The van der Waals surface area contributed by atoms with Crippen molar-refractivity contribution in [3.05, 3.63) is 41.5 Å². The number of rotatable bonds is 8. The van der Waals surface area contributed by atoms with Crippen LogP contribution in [-0.2, 0) is 4.79 Å². The summed E-state index contributed by atoms with van der Waals surface area (Å²) >= 11 is 0. The molecule has 25 heavy (non-hydrogen) atoms. The van der Waals surface area contributed by atoms with E-state index in [1.54, 1.807) is 5.57 Å². The van der Waals surface area contributed by atoms with E-state index in [1.165, 1.54) is 12.0 Å². The van der Waals surface area contributed by atoms with Gasteiger partial charge in [-0.25, -0.2) is 0 Å². The summed E-state index contributed by atoms with van der Waals surface area (Å²) in [5.74, 6) is -0.0774. The third-order valence-corrected chi connectivity index (χ3v) is 5.55. The van der Waals surface area contributed by atoms with Gasteiger partial charge in [0.15, 0.2) is 0 Å². The van der Waals surface area contributed by atoms with Crippen molar-refractivity contribution in [2.24, 2.45) is 5.92 Å². The quantitative estimate of drug-likeness (QED) is 0.677. The van der Waals surface area contributed by atoms with Crippen LogP contribution in [0.4, 0.5) is 0 Å². The van der Waals surface area contributed by atoms with Crippen molar-refractivity contribution in [1.29, 1.82) is 0 Å². The van der Waals surface area contributed by atoms with Gasteiger partial charge >= 0.3 is 5.97 Å². The highest BCUT2D eigenvalue weighted by Gasteiger charge is 2.40. The van der Waals surface area contributed by atoms with Gasteiger partial charge in [0.2, 0.25) is 0 Å². The SMILES string of the molecule is CCC(=Cc1ccccc1)[C@@H]1C[C@H]1NC1CCC(NCC(=O)O)CC1. The zero-order chi connectivity index (χ0) is 17.6. The van der Waals surface area contributed by atoms with Crippen molar-refractivity contribution in [3.63, 3.8) is 0 Å². The summed E-state index contributed by atoms with van der Waals surface area (Å²) in [5, 5.41) is 15.7. The van der Waals surface area contributed by atoms with E-state index in [0.29, 0.717) is 24.0 Å². The summed E-state index contributed by atoms with van der Waals surface area (Å²) in [7, 11) is 0. The van der Waals surface area contributed by atoms with Gasteiger partial charge in [0, 0.05) is 18.1 Å². The van der Waals surface area contributed by atoms with Gasteiger partial charge in [-0.1, -0.05) is 48.9 Å². The minimum atomic E-state index is -0.765. The van der Waals surface area contributed by atoms with E-state index in [9.17, 15) is 4.79 Å². The highest BCUT2D eigenvalue weighted by Crippen LogP contribution is 2.40. The van der Waals surface area contributed by atoms with Gasteiger partial charge in [-0.2, -0.15) is 0 Å². The smallest absolute Gasteiger partial charge is 0.317 e. The monoisotopic (exact) mass is 342 g/mol. The van der Waals surface area contributed by atoms with Gasteiger partial charge in [-0.15, -0.1) is 0 Å². The van der Waals surface area contributed by atoms with E-state index >= 15 is 0 Å². The molecule has 0 saturated heterocycles. The van der Waals surface area contributed by atoms with Crippen molar-refractivity contribution >= 4 is 12.0 Å². The first-order valence-corrected chi connectivity index (χ1v) is 9.62. The molecule has 0 radical (unpaired) electrons. The maximum atomic E-state index is 10.6. The number of carboxylic acids is 1. The molecule has 2 fully saturated rings. The Balaban J connectivity index is 1.44. The van der Waals surface area contributed by atoms with Crippen LogP contribution in [0, 0.1) is 5.92 Å². The predicted octanol–water partition coefficient (Wildman–Crippen LogP) is 3.44. The van der Waals surface area contributed by atoms with Crippen LogP contribution in [0.3, 0.4) is 0 Å². The number of benzene rings is 1. The number of hydrogen-bond acceptors (Lipinski definition) is 3. The maximum absolute atomic E-state index is 10.6. The van der Waals surface area contributed by atoms with E-state index in [0.717, 1.165) is 32.1 Å². The molecule has 0 aliphatic heterocycles. The molecule has 2 aliphatic rings. The fourth-order valence-corrected chi connectivity index (χ4v) is 4.02. The standard InChI is InChI=1S/C21H30N2O2/c1-2-16(12-15-6-4-3-5-7-15)19-13-20(19)23-18-10-8-17(9-11-18)22-14-21(24)25/h3-7,12,17-20,22-23H,2,8-11,13-14H2,1H3,(H,24,25)/t17?,18?,19-,20+/m0/s1. The lowest BCUT2D eigenvalue weighted by Crippen LogP contribution is -2.42. The minimum Gasteiger partial charge on any atom is -0.480 e. The average Bonchev–Trinajstić information content (AvgIpc) is 3.39. The Morgan fingerprint density at radius 2 is 1.84 bits per heavy atom. The maximum Gasteiger partial charge on any atom is 0.317 e. The molecule has 0 heterocycles. The molecule has 3 rings (SSSR count). The Morgan fingerprint density at radius 3 is 2.48 bits per heavy atom. The molecule has 2 aliphatic carbocycles. The first-order valence-electron chi connectivity index (χ1n) is 9.62. The number of carbonyl (C=O) groups is 1. The summed E-state index contributed by atoms with van der Waals surface area (Å²) in [4.78, 5) is 10.6. The molecule has 2 atom stereocenters. The van der Waals surface area contributed by atoms with Crippen LogP contribution < -0.4 is 10.6 Å². The summed E-state index contributed by atoms with van der Waals surface area (Å²) in [6.07, 6.45) is 9.16. The fourth-order valence-electron chi connectivity index (χ4n) is 4.02. The predicted molar refractivity (Wildman–Crippen MR) is 101 cm³/mol. The third kappa shape index (κ3) is 5.41.